The van der Waals surface area contributed by atoms with Crippen molar-refractivity contribution in [1.82, 2.24) is 9.62 Å². The highest BCUT2D eigenvalue weighted by Crippen LogP contribution is 2.25. The van der Waals surface area contributed by atoms with Crippen molar-refractivity contribution in [1.29, 1.82) is 0 Å². The maximum absolute atomic E-state index is 13.1. The molecule has 31 heavy (non-hydrogen) atoms. The number of hydrogen-bond acceptors (Lipinski definition) is 5. The van der Waals surface area contributed by atoms with Gasteiger partial charge in [-0.25, -0.2) is 21.2 Å². The molecule has 168 valence electrons. The number of carbonyl (C=O) groups excluding carboxylic acids is 1. The Labute approximate surface area is 182 Å². The number of halogens is 1. The highest BCUT2D eigenvalue weighted by molar-refractivity contribution is 7.90. The van der Waals surface area contributed by atoms with Gasteiger partial charge in [0.2, 0.25) is 15.9 Å². The lowest BCUT2D eigenvalue weighted by molar-refractivity contribution is -0.126. The molecule has 2 atom stereocenters. The van der Waals surface area contributed by atoms with E-state index in [1.54, 1.807) is 19.1 Å². The van der Waals surface area contributed by atoms with Crippen molar-refractivity contribution in [2.24, 2.45) is 5.92 Å². The van der Waals surface area contributed by atoms with Gasteiger partial charge in [0.05, 0.1) is 21.8 Å². The minimum atomic E-state index is -3.81. The maximum Gasteiger partial charge on any atom is 0.243 e. The molecule has 0 bridgehead atoms. The Morgan fingerprint density at radius 3 is 2.19 bits per heavy atom. The normalized spacial score (nSPS) is 19.0. The fourth-order valence-corrected chi connectivity index (χ4v) is 5.70. The molecule has 1 heterocycles. The summed E-state index contributed by atoms with van der Waals surface area (Å²) < 4.78 is 63.3. The van der Waals surface area contributed by atoms with Gasteiger partial charge < -0.3 is 5.32 Å². The van der Waals surface area contributed by atoms with Crippen molar-refractivity contribution in [3.05, 3.63) is 59.9 Å². The Hall–Kier alpha value is -2.30. The number of rotatable bonds is 6. The van der Waals surface area contributed by atoms with E-state index in [4.69, 9.17) is 0 Å². The predicted molar refractivity (Wildman–Crippen MR) is 114 cm³/mol. The van der Waals surface area contributed by atoms with E-state index >= 15 is 0 Å². The molecule has 2 unspecified atom stereocenters. The monoisotopic (exact) mass is 468 g/mol. The van der Waals surface area contributed by atoms with Gasteiger partial charge in [-0.05, 0) is 61.7 Å². The number of sulfonamides is 1. The van der Waals surface area contributed by atoms with Crippen LogP contribution in [-0.4, -0.2) is 46.4 Å². The summed E-state index contributed by atoms with van der Waals surface area (Å²) in [5, 5.41) is 2.88. The van der Waals surface area contributed by atoms with Crippen LogP contribution in [0.2, 0.25) is 0 Å². The van der Waals surface area contributed by atoms with E-state index in [0.29, 0.717) is 19.4 Å². The number of nitrogens with one attached hydrogen (secondary N) is 1. The zero-order valence-corrected chi connectivity index (χ0v) is 18.9. The van der Waals surface area contributed by atoms with Crippen molar-refractivity contribution >= 4 is 25.8 Å². The van der Waals surface area contributed by atoms with E-state index in [9.17, 15) is 26.0 Å². The van der Waals surface area contributed by atoms with Gasteiger partial charge in [0.15, 0.2) is 9.84 Å². The molecule has 2 aromatic rings. The van der Waals surface area contributed by atoms with Crippen molar-refractivity contribution in [2.75, 3.05) is 19.3 Å². The fourth-order valence-electron chi connectivity index (χ4n) is 3.55. The molecule has 0 saturated carbocycles. The van der Waals surface area contributed by atoms with Crippen LogP contribution in [0, 0.1) is 11.7 Å². The molecule has 3 rings (SSSR count). The van der Waals surface area contributed by atoms with Gasteiger partial charge in [0.25, 0.3) is 0 Å². The largest absolute Gasteiger partial charge is 0.349 e. The highest BCUT2D eigenvalue weighted by Gasteiger charge is 2.33. The third kappa shape index (κ3) is 5.50. The van der Waals surface area contributed by atoms with E-state index in [2.05, 4.69) is 5.32 Å². The van der Waals surface area contributed by atoms with Crippen LogP contribution >= 0.6 is 0 Å². The molecule has 0 radical (unpaired) electrons. The molecule has 0 aliphatic carbocycles. The second kappa shape index (κ2) is 9.05. The Kier molecular flexibility index (Phi) is 6.82. The quantitative estimate of drug-likeness (QED) is 0.702. The molecule has 2 aromatic carbocycles. The summed E-state index contributed by atoms with van der Waals surface area (Å²) >= 11 is 0. The number of carbonyl (C=O) groups is 1. The Morgan fingerprint density at radius 1 is 1.03 bits per heavy atom. The van der Waals surface area contributed by atoms with E-state index in [-0.39, 0.29) is 28.3 Å². The summed E-state index contributed by atoms with van der Waals surface area (Å²) in [6, 6.07) is 10.5. The zero-order chi connectivity index (χ0) is 22.8. The first-order chi connectivity index (χ1) is 14.5. The fraction of sp³-hybridized carbons (Fsp3) is 0.381. The molecule has 1 aliphatic rings. The van der Waals surface area contributed by atoms with Crippen molar-refractivity contribution in [3.63, 3.8) is 0 Å². The minimum absolute atomic E-state index is 0.00528. The number of amides is 1. The van der Waals surface area contributed by atoms with Gasteiger partial charge in [0, 0.05) is 19.3 Å². The predicted octanol–water partition coefficient (Wildman–Crippen LogP) is 2.51. The third-order valence-corrected chi connectivity index (χ3v) is 8.38. The first kappa shape index (κ1) is 23.4. The molecular formula is C21H25FN2O5S2. The summed E-state index contributed by atoms with van der Waals surface area (Å²) in [6.07, 6.45) is 2.22. The summed E-state index contributed by atoms with van der Waals surface area (Å²) in [6.45, 7) is 2.13. The lowest BCUT2D eigenvalue weighted by atomic mass is 9.98. The number of hydrogen-bond donors (Lipinski definition) is 1. The maximum atomic E-state index is 13.1. The van der Waals surface area contributed by atoms with Crippen molar-refractivity contribution in [3.8, 4) is 0 Å². The van der Waals surface area contributed by atoms with Gasteiger partial charge in [-0.2, -0.15) is 4.31 Å². The molecule has 7 nitrogen and oxygen atoms in total. The van der Waals surface area contributed by atoms with E-state index in [0.717, 1.165) is 24.0 Å². The summed E-state index contributed by atoms with van der Waals surface area (Å²) in [5.74, 6) is -1.30. The topological polar surface area (TPSA) is 101 Å². The minimum Gasteiger partial charge on any atom is -0.349 e. The van der Waals surface area contributed by atoms with Crippen LogP contribution in [0.1, 0.15) is 31.4 Å². The van der Waals surface area contributed by atoms with Gasteiger partial charge in [-0.3, -0.25) is 4.79 Å². The SMILES string of the molecule is CC(NC(=O)C1CCCN(S(=O)(=O)c2ccc(F)cc2)C1)c1ccc(S(C)(=O)=O)cc1. The van der Waals surface area contributed by atoms with Crippen molar-refractivity contribution in [2.45, 2.75) is 35.6 Å². The smallest absolute Gasteiger partial charge is 0.243 e. The van der Waals surface area contributed by atoms with Gasteiger partial charge in [-0.1, -0.05) is 12.1 Å². The van der Waals surface area contributed by atoms with Crippen LogP contribution in [-0.2, 0) is 24.7 Å². The molecule has 1 fully saturated rings. The number of benzene rings is 2. The molecule has 1 N–H and O–H groups in total. The lowest BCUT2D eigenvalue weighted by Gasteiger charge is -2.32. The Morgan fingerprint density at radius 2 is 1.61 bits per heavy atom. The van der Waals surface area contributed by atoms with E-state index in [1.165, 1.54) is 28.6 Å². The van der Waals surface area contributed by atoms with Crippen molar-refractivity contribution < 1.29 is 26.0 Å². The second-order valence-corrected chi connectivity index (χ2v) is 11.7. The van der Waals surface area contributed by atoms with Crippen LogP contribution in [0.15, 0.2) is 58.3 Å². The molecule has 0 aromatic heterocycles. The molecular weight excluding hydrogens is 443 g/mol. The Balaban J connectivity index is 1.67. The number of nitrogens with zero attached hydrogens (tertiary/aromatic N) is 1. The lowest BCUT2D eigenvalue weighted by Crippen LogP contribution is -2.45. The van der Waals surface area contributed by atoms with E-state index in [1.807, 2.05) is 0 Å². The highest BCUT2D eigenvalue weighted by atomic mass is 32.2. The zero-order valence-electron chi connectivity index (χ0n) is 17.3. The summed E-state index contributed by atoms with van der Waals surface area (Å²) in [4.78, 5) is 13.0. The molecule has 10 heteroatoms. The van der Waals surface area contributed by atoms with E-state index < -0.39 is 31.6 Å². The third-order valence-electron chi connectivity index (χ3n) is 5.37. The summed E-state index contributed by atoms with van der Waals surface area (Å²) in [7, 11) is -7.12. The Bertz CT molecular complexity index is 1150. The van der Waals surface area contributed by atoms with Gasteiger partial charge >= 0.3 is 0 Å². The first-order valence-corrected chi connectivity index (χ1v) is 13.2. The van der Waals surface area contributed by atoms with Gasteiger partial charge in [0.1, 0.15) is 5.82 Å². The number of sulfone groups is 1. The average molecular weight is 469 g/mol. The number of piperidine rings is 1. The molecule has 1 saturated heterocycles. The van der Waals surface area contributed by atoms with Gasteiger partial charge in [-0.15, -0.1) is 0 Å². The summed E-state index contributed by atoms with van der Waals surface area (Å²) in [5.41, 5.74) is 0.743. The standard InChI is InChI=1S/C21H25FN2O5S2/c1-15(16-5-9-19(10-6-16)30(2,26)27)23-21(25)17-4-3-13-24(14-17)31(28,29)20-11-7-18(22)8-12-20/h5-12,15,17H,3-4,13-14H2,1-2H3,(H,23,25). The first-order valence-electron chi connectivity index (χ1n) is 9.84. The van der Waals surface area contributed by atoms with Crippen LogP contribution in [0.25, 0.3) is 0 Å². The molecule has 1 amide bonds. The van der Waals surface area contributed by atoms with Crippen LogP contribution in [0.5, 0.6) is 0 Å². The molecule has 0 spiro atoms. The second-order valence-electron chi connectivity index (χ2n) is 7.73. The van der Waals surface area contributed by atoms with Crippen LogP contribution in [0.4, 0.5) is 4.39 Å². The molecule has 1 aliphatic heterocycles. The van der Waals surface area contributed by atoms with Crippen LogP contribution < -0.4 is 5.32 Å². The average Bonchev–Trinajstić information content (AvgIpc) is 2.73. The van der Waals surface area contributed by atoms with Crippen LogP contribution in [0.3, 0.4) is 0 Å².